The minimum atomic E-state index is -0.448. The third-order valence-corrected chi connectivity index (χ3v) is 7.20. The smallest absolute Gasteiger partial charge is 0.200 e. The molecule has 3 heterocycles. The van der Waals surface area contributed by atoms with Gasteiger partial charge in [0.05, 0.1) is 18.9 Å². The van der Waals surface area contributed by atoms with Crippen molar-refractivity contribution in [3.8, 4) is 11.5 Å². The Morgan fingerprint density at radius 1 is 0.939 bits per heavy atom. The van der Waals surface area contributed by atoms with Crippen molar-refractivity contribution in [1.29, 1.82) is 0 Å². The summed E-state index contributed by atoms with van der Waals surface area (Å²) >= 11 is 0. The molecule has 5 heteroatoms. The quantitative estimate of drug-likeness (QED) is 0.558. The van der Waals surface area contributed by atoms with Crippen LogP contribution in [0.4, 0.5) is 0 Å². The molecule has 0 saturated carbocycles. The van der Waals surface area contributed by atoms with Crippen molar-refractivity contribution in [2.24, 2.45) is 5.10 Å². The number of hydrogen-bond acceptors (Lipinski definition) is 5. The van der Waals surface area contributed by atoms with Gasteiger partial charge in [-0.25, -0.2) is 5.01 Å². The Balaban J connectivity index is 1.33. The molecule has 1 fully saturated rings. The van der Waals surface area contributed by atoms with Gasteiger partial charge >= 0.3 is 0 Å². The zero-order chi connectivity index (χ0) is 22.3. The summed E-state index contributed by atoms with van der Waals surface area (Å²) in [4.78, 5) is 2.52. The molecule has 3 aromatic rings. The highest BCUT2D eigenvalue weighted by Crippen LogP contribution is 2.52. The van der Waals surface area contributed by atoms with Gasteiger partial charge in [0.15, 0.2) is 11.5 Å². The molecule has 0 aromatic heterocycles. The standard InChI is InChI=1S/C28H29N3O2/c1-32-26-14-8-13-23-25-19-24(22-11-6-3-7-12-22)29-31(25)28(33-27(23)26)15-17-30(18-16-28)20-21-9-4-2-5-10-21/h2-14,25H,15-20H2,1H3/t25-/m0/s1. The van der Waals surface area contributed by atoms with E-state index >= 15 is 0 Å². The zero-order valence-electron chi connectivity index (χ0n) is 19.0. The van der Waals surface area contributed by atoms with Crippen LogP contribution in [-0.2, 0) is 6.54 Å². The molecular weight excluding hydrogens is 410 g/mol. The van der Waals surface area contributed by atoms with Crippen LogP contribution in [0.5, 0.6) is 11.5 Å². The molecule has 5 nitrogen and oxygen atoms in total. The van der Waals surface area contributed by atoms with E-state index < -0.39 is 5.72 Å². The molecule has 0 aliphatic carbocycles. The number of methoxy groups -OCH3 is 1. The summed E-state index contributed by atoms with van der Waals surface area (Å²) in [6, 6.07) is 27.6. The number of ether oxygens (including phenoxy) is 2. The van der Waals surface area contributed by atoms with Crippen LogP contribution in [0, 0.1) is 0 Å². The first kappa shape index (κ1) is 20.3. The largest absolute Gasteiger partial charge is 0.493 e. The fourth-order valence-electron chi connectivity index (χ4n) is 5.47. The molecule has 0 unspecified atom stereocenters. The molecule has 1 spiro atoms. The monoisotopic (exact) mass is 439 g/mol. The summed E-state index contributed by atoms with van der Waals surface area (Å²) in [5.41, 5.74) is 4.39. The van der Waals surface area contributed by atoms with E-state index in [4.69, 9.17) is 14.6 Å². The van der Waals surface area contributed by atoms with Gasteiger partial charge in [-0.1, -0.05) is 72.8 Å². The van der Waals surface area contributed by atoms with E-state index in [1.165, 1.54) is 16.7 Å². The number of fused-ring (bicyclic) bond motifs is 4. The van der Waals surface area contributed by atoms with Crippen LogP contribution in [0.2, 0.25) is 0 Å². The number of hydrogen-bond donors (Lipinski definition) is 0. The van der Waals surface area contributed by atoms with E-state index in [9.17, 15) is 0 Å². The summed E-state index contributed by atoms with van der Waals surface area (Å²) in [7, 11) is 1.72. The van der Waals surface area contributed by atoms with E-state index in [1.54, 1.807) is 7.11 Å². The molecule has 0 amide bonds. The molecule has 3 aromatic carbocycles. The lowest BCUT2D eigenvalue weighted by atomic mass is 9.90. The summed E-state index contributed by atoms with van der Waals surface area (Å²) in [5, 5.41) is 7.46. The van der Waals surface area contributed by atoms with E-state index in [2.05, 4.69) is 82.7 Å². The van der Waals surface area contributed by atoms with Crippen molar-refractivity contribution >= 4 is 5.71 Å². The van der Waals surface area contributed by atoms with Gasteiger partial charge in [0.25, 0.3) is 0 Å². The Hall–Kier alpha value is -3.31. The lowest BCUT2D eigenvalue weighted by Crippen LogP contribution is -2.59. The topological polar surface area (TPSA) is 37.3 Å². The average molecular weight is 440 g/mol. The number of benzene rings is 3. The molecule has 168 valence electrons. The van der Waals surface area contributed by atoms with Crippen LogP contribution < -0.4 is 9.47 Å². The second-order valence-corrected chi connectivity index (χ2v) is 9.17. The maximum atomic E-state index is 6.85. The molecule has 0 radical (unpaired) electrons. The predicted octanol–water partition coefficient (Wildman–Crippen LogP) is 5.23. The summed E-state index contributed by atoms with van der Waals surface area (Å²) < 4.78 is 12.6. The third-order valence-electron chi connectivity index (χ3n) is 7.20. The van der Waals surface area contributed by atoms with Crippen molar-refractivity contribution < 1.29 is 9.47 Å². The number of hydrazone groups is 1. The SMILES string of the molecule is COc1cccc2c1OC1(CCN(Cc3ccccc3)CC1)N1N=C(c3ccccc3)C[C@@H]21. The summed E-state index contributed by atoms with van der Waals surface area (Å²) in [5.74, 6) is 1.70. The number of likely N-dealkylation sites (tertiary alicyclic amines) is 1. The Bertz CT molecular complexity index is 1150. The van der Waals surface area contributed by atoms with Crippen LogP contribution in [0.1, 0.15) is 42.0 Å². The molecule has 0 N–H and O–H groups in total. The van der Waals surface area contributed by atoms with Crippen molar-refractivity contribution in [2.75, 3.05) is 20.2 Å². The summed E-state index contributed by atoms with van der Waals surface area (Å²) in [6.45, 7) is 2.91. The normalized spacial score (nSPS) is 21.2. The fraction of sp³-hybridized carbons (Fsp3) is 0.321. The van der Waals surface area contributed by atoms with Crippen LogP contribution in [0.3, 0.4) is 0 Å². The Morgan fingerprint density at radius 3 is 2.39 bits per heavy atom. The molecule has 3 aliphatic heterocycles. The maximum Gasteiger partial charge on any atom is 0.200 e. The van der Waals surface area contributed by atoms with E-state index in [-0.39, 0.29) is 6.04 Å². The summed E-state index contributed by atoms with van der Waals surface area (Å²) in [6.07, 6.45) is 2.68. The molecular formula is C28H29N3O2. The average Bonchev–Trinajstić information content (AvgIpc) is 3.34. The number of rotatable bonds is 4. The zero-order valence-corrected chi connectivity index (χ0v) is 19.0. The lowest BCUT2D eigenvalue weighted by Gasteiger charge is -2.51. The molecule has 6 rings (SSSR count). The van der Waals surface area contributed by atoms with Crippen LogP contribution in [0.15, 0.2) is 84.0 Å². The second-order valence-electron chi connectivity index (χ2n) is 9.17. The van der Waals surface area contributed by atoms with Crippen molar-refractivity contribution in [3.63, 3.8) is 0 Å². The minimum Gasteiger partial charge on any atom is -0.493 e. The van der Waals surface area contributed by atoms with Gasteiger partial charge < -0.3 is 9.47 Å². The van der Waals surface area contributed by atoms with Crippen molar-refractivity contribution in [1.82, 2.24) is 9.91 Å². The fourth-order valence-corrected chi connectivity index (χ4v) is 5.47. The Labute approximate surface area is 195 Å². The van der Waals surface area contributed by atoms with Gasteiger partial charge in [0, 0.05) is 44.5 Å². The van der Waals surface area contributed by atoms with Gasteiger partial charge in [0.2, 0.25) is 5.72 Å². The first-order valence-corrected chi connectivity index (χ1v) is 11.8. The lowest BCUT2D eigenvalue weighted by molar-refractivity contribution is -0.151. The van der Waals surface area contributed by atoms with Crippen LogP contribution >= 0.6 is 0 Å². The molecule has 33 heavy (non-hydrogen) atoms. The number of nitrogens with zero attached hydrogens (tertiary/aromatic N) is 3. The highest BCUT2D eigenvalue weighted by molar-refractivity contribution is 6.02. The van der Waals surface area contributed by atoms with Gasteiger partial charge in [-0.05, 0) is 17.2 Å². The number of para-hydroxylation sites is 1. The number of piperidine rings is 1. The van der Waals surface area contributed by atoms with E-state index in [1.807, 2.05) is 6.07 Å². The van der Waals surface area contributed by atoms with Gasteiger partial charge in [0.1, 0.15) is 0 Å². The van der Waals surface area contributed by atoms with Crippen molar-refractivity contribution in [3.05, 3.63) is 95.6 Å². The Morgan fingerprint density at radius 2 is 1.67 bits per heavy atom. The van der Waals surface area contributed by atoms with E-state index in [0.717, 1.165) is 56.1 Å². The predicted molar refractivity (Wildman–Crippen MR) is 129 cm³/mol. The van der Waals surface area contributed by atoms with Crippen LogP contribution in [0.25, 0.3) is 0 Å². The Kier molecular flexibility index (Phi) is 5.07. The van der Waals surface area contributed by atoms with E-state index in [0.29, 0.717) is 0 Å². The first-order chi connectivity index (χ1) is 16.3. The van der Waals surface area contributed by atoms with Crippen LogP contribution in [-0.4, -0.2) is 41.5 Å². The van der Waals surface area contributed by atoms with Gasteiger partial charge in [-0.3, -0.25) is 4.90 Å². The third kappa shape index (κ3) is 3.57. The highest BCUT2D eigenvalue weighted by Gasteiger charge is 2.52. The molecule has 1 atom stereocenters. The highest BCUT2D eigenvalue weighted by atomic mass is 16.5. The minimum absolute atomic E-state index is 0.166. The second kappa shape index (κ2) is 8.23. The molecule has 1 saturated heterocycles. The van der Waals surface area contributed by atoms with Gasteiger partial charge in [-0.15, -0.1) is 0 Å². The molecule has 3 aliphatic rings. The van der Waals surface area contributed by atoms with Crippen molar-refractivity contribution in [2.45, 2.75) is 37.6 Å². The first-order valence-electron chi connectivity index (χ1n) is 11.8. The van der Waals surface area contributed by atoms with Gasteiger partial charge in [-0.2, -0.15) is 5.10 Å². The molecule has 0 bridgehead atoms. The maximum absolute atomic E-state index is 6.85.